The Kier molecular flexibility index (Phi) is 4.39. The predicted molar refractivity (Wildman–Crippen MR) is 58.0 cm³/mol. The van der Waals surface area contributed by atoms with Crippen molar-refractivity contribution in [2.75, 3.05) is 0 Å². The second-order valence-electron chi connectivity index (χ2n) is 5.08. The summed E-state index contributed by atoms with van der Waals surface area (Å²) in [5.41, 5.74) is 0. The Balaban J connectivity index is 2.65. The highest BCUT2D eigenvalue weighted by atomic mass is 16.3. The SMILES string of the molecule is CC(C)C(C(C)O)C1CCCCC1O. The van der Waals surface area contributed by atoms with Crippen molar-refractivity contribution in [2.24, 2.45) is 17.8 Å². The minimum Gasteiger partial charge on any atom is -0.393 e. The van der Waals surface area contributed by atoms with Crippen LogP contribution in [-0.4, -0.2) is 22.4 Å². The lowest BCUT2D eigenvalue weighted by Crippen LogP contribution is -2.39. The Labute approximate surface area is 87.3 Å². The van der Waals surface area contributed by atoms with Crippen LogP contribution in [0.5, 0.6) is 0 Å². The number of rotatable bonds is 3. The molecule has 1 rings (SSSR count). The average Bonchev–Trinajstić information content (AvgIpc) is 2.07. The van der Waals surface area contributed by atoms with Gasteiger partial charge >= 0.3 is 0 Å². The van der Waals surface area contributed by atoms with E-state index >= 15 is 0 Å². The van der Waals surface area contributed by atoms with Crippen LogP contribution < -0.4 is 0 Å². The Hall–Kier alpha value is -0.0800. The molecule has 1 fully saturated rings. The molecule has 14 heavy (non-hydrogen) atoms. The van der Waals surface area contributed by atoms with Crippen molar-refractivity contribution in [3.05, 3.63) is 0 Å². The highest BCUT2D eigenvalue weighted by molar-refractivity contribution is 4.84. The van der Waals surface area contributed by atoms with Crippen LogP contribution in [0.15, 0.2) is 0 Å². The molecule has 2 N–H and O–H groups in total. The molecular weight excluding hydrogens is 176 g/mol. The maximum atomic E-state index is 9.93. The van der Waals surface area contributed by atoms with Crippen LogP contribution in [0, 0.1) is 17.8 Å². The van der Waals surface area contributed by atoms with Gasteiger partial charge in [0, 0.05) is 0 Å². The lowest BCUT2D eigenvalue weighted by molar-refractivity contribution is -0.0269. The molecular formula is C12H24O2. The summed E-state index contributed by atoms with van der Waals surface area (Å²) in [6, 6.07) is 0. The Morgan fingerprint density at radius 2 is 1.64 bits per heavy atom. The predicted octanol–water partition coefficient (Wildman–Crippen LogP) is 2.19. The quantitative estimate of drug-likeness (QED) is 0.733. The van der Waals surface area contributed by atoms with Gasteiger partial charge in [0.2, 0.25) is 0 Å². The van der Waals surface area contributed by atoms with Crippen molar-refractivity contribution >= 4 is 0 Å². The molecule has 0 aliphatic heterocycles. The summed E-state index contributed by atoms with van der Waals surface area (Å²) in [4.78, 5) is 0. The summed E-state index contributed by atoms with van der Waals surface area (Å²) >= 11 is 0. The van der Waals surface area contributed by atoms with E-state index in [9.17, 15) is 10.2 Å². The van der Waals surface area contributed by atoms with Gasteiger partial charge in [0.25, 0.3) is 0 Å². The van der Waals surface area contributed by atoms with Gasteiger partial charge in [0.15, 0.2) is 0 Å². The van der Waals surface area contributed by atoms with Gasteiger partial charge in [-0.15, -0.1) is 0 Å². The Bertz CT molecular complexity index is 158. The first-order chi connectivity index (χ1) is 6.54. The van der Waals surface area contributed by atoms with Crippen molar-refractivity contribution in [2.45, 2.75) is 58.7 Å². The first-order valence-corrected chi connectivity index (χ1v) is 5.90. The second kappa shape index (κ2) is 5.13. The number of hydrogen-bond acceptors (Lipinski definition) is 2. The third-order valence-electron chi connectivity index (χ3n) is 3.60. The molecule has 0 bridgehead atoms. The molecule has 0 aromatic heterocycles. The highest BCUT2D eigenvalue weighted by Gasteiger charge is 2.34. The normalized spacial score (nSPS) is 33.0. The molecule has 1 saturated carbocycles. The molecule has 4 atom stereocenters. The largest absolute Gasteiger partial charge is 0.393 e. The summed E-state index contributed by atoms with van der Waals surface area (Å²) in [5.74, 6) is 1.02. The monoisotopic (exact) mass is 200 g/mol. The molecule has 2 nitrogen and oxygen atoms in total. The zero-order chi connectivity index (χ0) is 10.7. The van der Waals surface area contributed by atoms with E-state index in [0.717, 1.165) is 19.3 Å². The number of aliphatic hydroxyl groups excluding tert-OH is 2. The van der Waals surface area contributed by atoms with Crippen LogP contribution in [0.3, 0.4) is 0 Å². The molecule has 0 radical (unpaired) electrons. The van der Waals surface area contributed by atoms with E-state index in [4.69, 9.17) is 0 Å². The Morgan fingerprint density at radius 1 is 1.07 bits per heavy atom. The molecule has 0 spiro atoms. The van der Waals surface area contributed by atoms with E-state index < -0.39 is 0 Å². The molecule has 1 aliphatic rings. The van der Waals surface area contributed by atoms with Crippen molar-refractivity contribution in [3.8, 4) is 0 Å². The van der Waals surface area contributed by atoms with Crippen LogP contribution in [-0.2, 0) is 0 Å². The van der Waals surface area contributed by atoms with Crippen LogP contribution in [0.25, 0.3) is 0 Å². The number of aliphatic hydroxyl groups is 2. The number of hydrogen-bond donors (Lipinski definition) is 2. The van der Waals surface area contributed by atoms with Gasteiger partial charge < -0.3 is 10.2 Å². The summed E-state index contributed by atoms with van der Waals surface area (Å²) in [6.07, 6.45) is 3.86. The van der Waals surface area contributed by atoms with Crippen molar-refractivity contribution < 1.29 is 10.2 Å². The molecule has 0 amide bonds. The molecule has 0 heterocycles. The zero-order valence-corrected chi connectivity index (χ0v) is 9.61. The summed E-state index contributed by atoms with van der Waals surface area (Å²) in [5, 5.41) is 19.7. The lowest BCUT2D eigenvalue weighted by Gasteiger charge is -2.38. The standard InChI is InChI=1S/C12H24O2/c1-8(2)12(9(3)13)10-6-4-5-7-11(10)14/h8-14H,4-7H2,1-3H3. The lowest BCUT2D eigenvalue weighted by atomic mass is 9.71. The first kappa shape index (κ1) is 12.0. The van der Waals surface area contributed by atoms with Gasteiger partial charge in [0.1, 0.15) is 0 Å². The third kappa shape index (κ3) is 2.71. The fourth-order valence-corrected chi connectivity index (χ4v) is 3.00. The van der Waals surface area contributed by atoms with Gasteiger partial charge in [-0.2, -0.15) is 0 Å². The summed E-state index contributed by atoms with van der Waals surface area (Å²) in [7, 11) is 0. The summed E-state index contributed by atoms with van der Waals surface area (Å²) < 4.78 is 0. The average molecular weight is 200 g/mol. The molecule has 1 aliphatic carbocycles. The van der Waals surface area contributed by atoms with Gasteiger partial charge in [-0.25, -0.2) is 0 Å². The molecule has 84 valence electrons. The summed E-state index contributed by atoms with van der Waals surface area (Å²) in [6.45, 7) is 6.13. The highest BCUT2D eigenvalue weighted by Crippen LogP contribution is 2.36. The molecule has 4 unspecified atom stereocenters. The van der Waals surface area contributed by atoms with Crippen LogP contribution in [0.4, 0.5) is 0 Å². The fourth-order valence-electron chi connectivity index (χ4n) is 3.00. The maximum Gasteiger partial charge on any atom is 0.0572 e. The van der Waals surface area contributed by atoms with Crippen molar-refractivity contribution in [1.82, 2.24) is 0 Å². The first-order valence-electron chi connectivity index (χ1n) is 5.90. The molecule has 0 aromatic rings. The smallest absolute Gasteiger partial charge is 0.0572 e. The van der Waals surface area contributed by atoms with E-state index in [0.29, 0.717) is 11.8 Å². The zero-order valence-electron chi connectivity index (χ0n) is 9.61. The van der Waals surface area contributed by atoms with Crippen LogP contribution in [0.1, 0.15) is 46.5 Å². The van der Waals surface area contributed by atoms with Gasteiger partial charge in [-0.3, -0.25) is 0 Å². The van der Waals surface area contributed by atoms with E-state index in [1.807, 2.05) is 6.92 Å². The molecule has 2 heteroatoms. The van der Waals surface area contributed by atoms with Crippen molar-refractivity contribution in [1.29, 1.82) is 0 Å². The fraction of sp³-hybridized carbons (Fsp3) is 1.00. The minimum atomic E-state index is -0.298. The van der Waals surface area contributed by atoms with Crippen LogP contribution >= 0.6 is 0 Å². The van der Waals surface area contributed by atoms with Crippen molar-refractivity contribution in [3.63, 3.8) is 0 Å². The van der Waals surface area contributed by atoms with E-state index in [2.05, 4.69) is 13.8 Å². The van der Waals surface area contributed by atoms with Gasteiger partial charge in [-0.1, -0.05) is 26.7 Å². The van der Waals surface area contributed by atoms with E-state index in [-0.39, 0.29) is 18.1 Å². The van der Waals surface area contributed by atoms with E-state index in [1.165, 1.54) is 6.42 Å². The Morgan fingerprint density at radius 3 is 2.07 bits per heavy atom. The third-order valence-corrected chi connectivity index (χ3v) is 3.60. The maximum absolute atomic E-state index is 9.93. The van der Waals surface area contributed by atoms with Gasteiger partial charge in [0.05, 0.1) is 12.2 Å². The molecule has 0 saturated heterocycles. The van der Waals surface area contributed by atoms with Crippen LogP contribution in [0.2, 0.25) is 0 Å². The topological polar surface area (TPSA) is 40.5 Å². The molecule has 0 aromatic carbocycles. The van der Waals surface area contributed by atoms with Gasteiger partial charge in [-0.05, 0) is 37.5 Å². The van der Waals surface area contributed by atoms with E-state index in [1.54, 1.807) is 0 Å². The second-order valence-corrected chi connectivity index (χ2v) is 5.08. The minimum absolute atomic E-state index is 0.189.